The number of urea groups is 1. The number of nitrogens with one attached hydrogen (secondary N) is 1. The summed E-state index contributed by atoms with van der Waals surface area (Å²) in [4.78, 5) is 24.2. The zero-order valence-corrected chi connectivity index (χ0v) is 10.6. The van der Waals surface area contributed by atoms with Crippen molar-refractivity contribution in [2.45, 2.75) is 26.7 Å². The predicted octanol–water partition coefficient (Wildman–Crippen LogP) is 1.83. The predicted molar refractivity (Wildman–Crippen MR) is 63.4 cm³/mol. The molecule has 0 aliphatic carbocycles. The normalized spacial score (nSPS) is 17.6. The number of rotatable bonds is 2. The number of carbonyl (C=O) groups is 2. The fourth-order valence-electron chi connectivity index (χ4n) is 2.00. The summed E-state index contributed by atoms with van der Waals surface area (Å²) in [5, 5.41) is 2.26. The lowest BCUT2D eigenvalue weighted by molar-refractivity contribution is -0.117. The Balaban J connectivity index is 2.36. The molecule has 0 saturated carbocycles. The maximum Gasteiger partial charge on any atom is 0.324 e. The topological polar surface area (TPSA) is 49.4 Å². The number of halogens is 1. The zero-order valence-electron chi connectivity index (χ0n) is 9.83. The highest BCUT2D eigenvalue weighted by Crippen LogP contribution is 2.24. The SMILES string of the molecule is CC(C)C1CCN(C(=O)NC(=O)CCl)CC1. The van der Waals surface area contributed by atoms with Crippen LogP contribution in [0.2, 0.25) is 0 Å². The van der Waals surface area contributed by atoms with Crippen LogP contribution >= 0.6 is 11.6 Å². The van der Waals surface area contributed by atoms with Crippen molar-refractivity contribution >= 4 is 23.5 Å². The molecule has 4 nitrogen and oxygen atoms in total. The van der Waals surface area contributed by atoms with Gasteiger partial charge in [-0.2, -0.15) is 0 Å². The molecule has 0 aromatic carbocycles. The van der Waals surface area contributed by atoms with Crippen molar-refractivity contribution in [2.24, 2.45) is 11.8 Å². The van der Waals surface area contributed by atoms with Gasteiger partial charge in [-0.15, -0.1) is 11.6 Å². The van der Waals surface area contributed by atoms with Gasteiger partial charge in [0.15, 0.2) is 0 Å². The molecule has 0 bridgehead atoms. The Kier molecular flexibility index (Phi) is 5.06. The van der Waals surface area contributed by atoms with Gasteiger partial charge in [0.1, 0.15) is 5.88 Å². The van der Waals surface area contributed by atoms with Crippen molar-refractivity contribution in [3.63, 3.8) is 0 Å². The van der Waals surface area contributed by atoms with E-state index < -0.39 is 5.91 Å². The Labute approximate surface area is 101 Å². The second kappa shape index (κ2) is 6.09. The minimum Gasteiger partial charge on any atom is -0.324 e. The number of hydrogen-bond acceptors (Lipinski definition) is 2. The fraction of sp³-hybridized carbons (Fsp3) is 0.818. The van der Waals surface area contributed by atoms with Gasteiger partial charge >= 0.3 is 6.03 Å². The van der Waals surface area contributed by atoms with E-state index >= 15 is 0 Å². The van der Waals surface area contributed by atoms with Crippen LogP contribution in [0.4, 0.5) is 4.79 Å². The van der Waals surface area contributed by atoms with E-state index in [9.17, 15) is 9.59 Å². The molecule has 1 aliphatic heterocycles. The first kappa shape index (κ1) is 13.3. The molecule has 3 amide bonds. The van der Waals surface area contributed by atoms with Crippen molar-refractivity contribution in [2.75, 3.05) is 19.0 Å². The maximum absolute atomic E-state index is 11.6. The van der Waals surface area contributed by atoms with Gasteiger partial charge in [0.25, 0.3) is 0 Å². The Morgan fingerprint density at radius 2 is 1.94 bits per heavy atom. The Hall–Kier alpha value is -0.770. The first-order valence-corrected chi connectivity index (χ1v) is 6.22. The van der Waals surface area contributed by atoms with E-state index in [2.05, 4.69) is 19.2 Å². The van der Waals surface area contributed by atoms with E-state index in [0.29, 0.717) is 11.8 Å². The summed E-state index contributed by atoms with van der Waals surface area (Å²) in [6, 6.07) is -0.312. The second-order valence-electron chi connectivity index (χ2n) is 4.56. The molecule has 0 radical (unpaired) electrons. The van der Waals surface area contributed by atoms with Gasteiger partial charge in [0, 0.05) is 13.1 Å². The Morgan fingerprint density at radius 3 is 2.38 bits per heavy atom. The van der Waals surface area contributed by atoms with Crippen LogP contribution in [-0.2, 0) is 4.79 Å². The first-order chi connectivity index (χ1) is 7.54. The fourth-order valence-corrected chi connectivity index (χ4v) is 2.07. The Bertz CT molecular complexity index is 261. The maximum atomic E-state index is 11.6. The molecule has 0 unspecified atom stereocenters. The third-order valence-corrected chi connectivity index (χ3v) is 3.38. The molecule has 1 saturated heterocycles. The van der Waals surface area contributed by atoms with Crippen LogP contribution in [0.5, 0.6) is 0 Å². The molecule has 0 aromatic heterocycles. The summed E-state index contributed by atoms with van der Waals surface area (Å²) in [6.07, 6.45) is 2.03. The van der Waals surface area contributed by atoms with Gasteiger partial charge in [-0.1, -0.05) is 13.8 Å². The smallest absolute Gasteiger partial charge is 0.324 e. The third-order valence-electron chi connectivity index (χ3n) is 3.14. The van der Waals surface area contributed by atoms with Gasteiger partial charge in [-0.05, 0) is 24.7 Å². The van der Waals surface area contributed by atoms with E-state index in [1.54, 1.807) is 4.90 Å². The average Bonchev–Trinajstić information content (AvgIpc) is 2.28. The van der Waals surface area contributed by atoms with E-state index in [1.807, 2.05) is 0 Å². The highest BCUT2D eigenvalue weighted by Gasteiger charge is 2.24. The molecule has 1 aliphatic rings. The van der Waals surface area contributed by atoms with Crippen LogP contribution in [0.3, 0.4) is 0 Å². The van der Waals surface area contributed by atoms with Gasteiger partial charge in [-0.25, -0.2) is 4.79 Å². The van der Waals surface area contributed by atoms with E-state index in [-0.39, 0.29) is 11.9 Å². The lowest BCUT2D eigenvalue weighted by Crippen LogP contribution is -2.47. The van der Waals surface area contributed by atoms with Crippen molar-refractivity contribution < 1.29 is 9.59 Å². The number of amides is 3. The van der Waals surface area contributed by atoms with Gasteiger partial charge in [0.2, 0.25) is 5.91 Å². The average molecular weight is 247 g/mol. The van der Waals surface area contributed by atoms with Crippen LogP contribution in [0.25, 0.3) is 0 Å². The van der Waals surface area contributed by atoms with E-state index in [0.717, 1.165) is 25.9 Å². The van der Waals surface area contributed by atoms with Gasteiger partial charge in [-0.3, -0.25) is 10.1 Å². The van der Waals surface area contributed by atoms with Crippen molar-refractivity contribution in [1.82, 2.24) is 10.2 Å². The molecule has 0 aromatic rings. The second-order valence-corrected chi connectivity index (χ2v) is 4.82. The lowest BCUT2D eigenvalue weighted by Gasteiger charge is -2.33. The number of hydrogen-bond donors (Lipinski definition) is 1. The third kappa shape index (κ3) is 3.67. The summed E-state index contributed by atoms with van der Waals surface area (Å²) in [5.41, 5.74) is 0. The minimum absolute atomic E-state index is 0.172. The minimum atomic E-state index is -0.433. The molecule has 1 fully saturated rings. The lowest BCUT2D eigenvalue weighted by atomic mass is 9.87. The highest BCUT2D eigenvalue weighted by atomic mass is 35.5. The molecular formula is C11H19ClN2O2. The van der Waals surface area contributed by atoms with Crippen LogP contribution in [0.15, 0.2) is 0 Å². The van der Waals surface area contributed by atoms with Crippen molar-refractivity contribution in [1.29, 1.82) is 0 Å². The number of alkyl halides is 1. The number of nitrogens with zero attached hydrogens (tertiary/aromatic N) is 1. The molecular weight excluding hydrogens is 228 g/mol. The summed E-state index contributed by atoms with van der Waals surface area (Å²) >= 11 is 5.32. The molecule has 1 heterocycles. The monoisotopic (exact) mass is 246 g/mol. The summed E-state index contributed by atoms with van der Waals surface area (Å²) in [5.74, 6) is 0.744. The standard InChI is InChI=1S/C11H19ClN2O2/c1-8(2)9-3-5-14(6-4-9)11(16)13-10(15)7-12/h8-9H,3-7H2,1-2H3,(H,13,15,16). The number of likely N-dealkylation sites (tertiary alicyclic amines) is 1. The van der Waals surface area contributed by atoms with Gasteiger partial charge in [0.05, 0.1) is 0 Å². The van der Waals surface area contributed by atoms with Crippen LogP contribution < -0.4 is 5.32 Å². The van der Waals surface area contributed by atoms with Crippen molar-refractivity contribution in [3.8, 4) is 0 Å². The highest BCUT2D eigenvalue weighted by molar-refractivity contribution is 6.28. The summed E-state index contributed by atoms with van der Waals surface area (Å²) in [7, 11) is 0. The molecule has 1 rings (SSSR count). The van der Waals surface area contributed by atoms with Gasteiger partial charge < -0.3 is 4.90 Å². The number of imide groups is 1. The Morgan fingerprint density at radius 1 is 1.38 bits per heavy atom. The first-order valence-electron chi connectivity index (χ1n) is 5.69. The molecule has 0 spiro atoms. The van der Waals surface area contributed by atoms with Crippen LogP contribution in [-0.4, -0.2) is 35.8 Å². The van der Waals surface area contributed by atoms with Crippen LogP contribution in [0, 0.1) is 11.8 Å². The van der Waals surface area contributed by atoms with E-state index in [4.69, 9.17) is 11.6 Å². The van der Waals surface area contributed by atoms with Crippen LogP contribution in [0.1, 0.15) is 26.7 Å². The molecule has 92 valence electrons. The molecule has 16 heavy (non-hydrogen) atoms. The van der Waals surface area contributed by atoms with Crippen molar-refractivity contribution in [3.05, 3.63) is 0 Å². The molecule has 5 heteroatoms. The number of carbonyl (C=O) groups excluding carboxylic acids is 2. The van der Waals surface area contributed by atoms with E-state index in [1.165, 1.54) is 0 Å². The summed E-state index contributed by atoms with van der Waals surface area (Å²) < 4.78 is 0. The quantitative estimate of drug-likeness (QED) is 0.756. The zero-order chi connectivity index (χ0) is 12.1. The summed E-state index contributed by atoms with van der Waals surface area (Å²) in [6.45, 7) is 5.86. The molecule has 0 atom stereocenters. The number of piperidine rings is 1. The largest absolute Gasteiger partial charge is 0.324 e. The molecule has 1 N–H and O–H groups in total.